The second-order valence-corrected chi connectivity index (χ2v) is 7.63. The second kappa shape index (κ2) is 8.27. The molecular formula is C25H22ClN3O. The van der Waals surface area contributed by atoms with Gasteiger partial charge in [-0.1, -0.05) is 72.3 Å². The Kier molecular flexibility index (Phi) is 5.53. The molecule has 0 fully saturated rings. The highest BCUT2D eigenvalue weighted by Crippen LogP contribution is 2.32. The van der Waals surface area contributed by atoms with Crippen molar-refractivity contribution < 1.29 is 9.67 Å². The molecule has 4 aromatic rings. The van der Waals surface area contributed by atoms with Crippen molar-refractivity contribution in [2.75, 3.05) is 0 Å². The van der Waals surface area contributed by atoms with E-state index in [1.54, 1.807) is 12.1 Å². The summed E-state index contributed by atoms with van der Waals surface area (Å²) in [7, 11) is 3.76. The normalized spacial score (nSPS) is 13.8. The maximum atomic E-state index is 15.0. The Bertz CT molecular complexity index is 1170. The fourth-order valence-electron chi connectivity index (χ4n) is 3.75. The molecule has 30 heavy (non-hydrogen) atoms. The molecule has 1 unspecified atom stereocenters. The Morgan fingerprint density at radius 3 is 2.23 bits per heavy atom. The Morgan fingerprint density at radius 1 is 0.967 bits per heavy atom. The summed E-state index contributed by atoms with van der Waals surface area (Å²) < 4.78 is 3.70. The number of aromatic nitrogens is 2. The third kappa shape index (κ3) is 3.67. The molecular weight excluding hydrogens is 394 g/mol. The molecule has 1 heterocycles. The van der Waals surface area contributed by atoms with E-state index in [1.807, 2.05) is 108 Å². The van der Waals surface area contributed by atoms with Crippen LogP contribution < -0.4 is 9.67 Å². The molecule has 3 aromatic carbocycles. The van der Waals surface area contributed by atoms with E-state index in [0.29, 0.717) is 33.4 Å². The van der Waals surface area contributed by atoms with Crippen LogP contribution in [0, 0.1) is 0 Å². The van der Waals surface area contributed by atoms with Gasteiger partial charge in [0.25, 0.3) is 5.82 Å². The van der Waals surface area contributed by atoms with Gasteiger partial charge in [-0.2, -0.15) is 0 Å². The lowest BCUT2D eigenvalue weighted by Gasteiger charge is -2.39. The van der Waals surface area contributed by atoms with Gasteiger partial charge in [-0.25, -0.2) is 9.13 Å². The van der Waals surface area contributed by atoms with Crippen molar-refractivity contribution in [1.29, 1.82) is 0 Å². The van der Waals surface area contributed by atoms with Gasteiger partial charge in [0.15, 0.2) is 0 Å². The van der Waals surface area contributed by atoms with Crippen LogP contribution in [0.1, 0.15) is 17.0 Å². The fraction of sp³-hybridized carbons (Fsp3) is 0.120. The van der Waals surface area contributed by atoms with Crippen LogP contribution >= 0.6 is 11.6 Å². The van der Waals surface area contributed by atoms with Gasteiger partial charge in [-0.3, -0.25) is 4.99 Å². The summed E-state index contributed by atoms with van der Waals surface area (Å²) in [5.74, 6) is 0.573. The average Bonchev–Trinajstić information content (AvgIpc) is 3.11. The minimum absolute atomic E-state index is 0.389. The molecule has 1 aromatic heterocycles. The van der Waals surface area contributed by atoms with E-state index in [1.165, 1.54) is 0 Å². The summed E-state index contributed by atoms with van der Waals surface area (Å²) >= 11 is 6.31. The number of hydrogen-bond donors (Lipinski definition) is 0. The minimum atomic E-state index is -1.77. The predicted molar refractivity (Wildman–Crippen MR) is 118 cm³/mol. The highest BCUT2D eigenvalue weighted by Gasteiger charge is 2.38. The fourth-order valence-corrected chi connectivity index (χ4v) is 3.94. The summed E-state index contributed by atoms with van der Waals surface area (Å²) in [6, 6.07) is 26.2. The number of rotatable bonds is 5. The van der Waals surface area contributed by atoms with E-state index in [9.17, 15) is 0 Å². The molecule has 4 rings (SSSR count). The van der Waals surface area contributed by atoms with E-state index in [4.69, 9.17) is 16.6 Å². The average molecular weight is 416 g/mol. The maximum Gasteiger partial charge on any atom is 0.256 e. The van der Waals surface area contributed by atoms with Gasteiger partial charge in [0.2, 0.25) is 0 Å². The quantitative estimate of drug-likeness (QED) is 0.360. The van der Waals surface area contributed by atoms with Crippen molar-refractivity contribution in [2.45, 2.75) is 5.60 Å². The SMILES string of the molecule is Cn1cc[n+](C)c1C([O-])(C(=Nc1ccccc1)c1cccc(Cl)c1)c1ccccc1. The summed E-state index contributed by atoms with van der Waals surface area (Å²) in [5.41, 5.74) is 0.623. The van der Waals surface area contributed by atoms with Gasteiger partial charge in [-0.15, -0.1) is 0 Å². The molecule has 0 saturated carbocycles. The molecule has 4 nitrogen and oxygen atoms in total. The van der Waals surface area contributed by atoms with E-state index in [0.717, 1.165) is 0 Å². The van der Waals surface area contributed by atoms with Gasteiger partial charge in [0.1, 0.15) is 12.4 Å². The zero-order chi connectivity index (χ0) is 21.1. The van der Waals surface area contributed by atoms with E-state index < -0.39 is 5.60 Å². The van der Waals surface area contributed by atoms with Crippen LogP contribution in [0.3, 0.4) is 0 Å². The van der Waals surface area contributed by atoms with Crippen molar-refractivity contribution >= 4 is 23.0 Å². The number of aryl methyl sites for hydroxylation is 2. The highest BCUT2D eigenvalue weighted by atomic mass is 35.5. The van der Waals surface area contributed by atoms with E-state index >= 15 is 5.11 Å². The zero-order valence-corrected chi connectivity index (χ0v) is 17.6. The molecule has 0 aliphatic carbocycles. The lowest BCUT2D eigenvalue weighted by Crippen LogP contribution is -2.57. The van der Waals surface area contributed by atoms with Crippen LogP contribution in [-0.4, -0.2) is 10.3 Å². The first-order chi connectivity index (χ1) is 14.5. The van der Waals surface area contributed by atoms with Crippen LogP contribution in [0.4, 0.5) is 5.69 Å². The third-order valence-electron chi connectivity index (χ3n) is 5.11. The van der Waals surface area contributed by atoms with Gasteiger partial charge >= 0.3 is 0 Å². The van der Waals surface area contributed by atoms with E-state index in [2.05, 4.69) is 0 Å². The van der Waals surface area contributed by atoms with Crippen LogP contribution in [0.25, 0.3) is 0 Å². The number of halogens is 1. The topological polar surface area (TPSA) is 44.2 Å². The molecule has 0 saturated heterocycles. The lowest BCUT2D eigenvalue weighted by atomic mass is 9.83. The van der Waals surface area contributed by atoms with Crippen molar-refractivity contribution in [3.05, 3.63) is 119 Å². The van der Waals surface area contributed by atoms with Crippen LogP contribution in [-0.2, 0) is 19.7 Å². The number of imidazole rings is 1. The van der Waals surface area contributed by atoms with E-state index in [-0.39, 0.29) is 0 Å². The molecule has 0 radical (unpaired) electrons. The van der Waals surface area contributed by atoms with Crippen LogP contribution in [0.15, 0.2) is 102 Å². The largest absolute Gasteiger partial charge is 0.832 e. The van der Waals surface area contributed by atoms with Crippen LogP contribution in [0.5, 0.6) is 0 Å². The molecule has 1 atom stereocenters. The number of aliphatic imine (C=N–C) groups is 1. The first kappa shape index (κ1) is 20.1. The van der Waals surface area contributed by atoms with Crippen LogP contribution in [0.2, 0.25) is 5.02 Å². The smallest absolute Gasteiger partial charge is 0.256 e. The summed E-state index contributed by atoms with van der Waals surface area (Å²) in [5, 5.41) is 15.6. The molecule has 150 valence electrons. The molecule has 0 amide bonds. The number of hydrogen-bond acceptors (Lipinski definition) is 2. The minimum Gasteiger partial charge on any atom is -0.832 e. The molecule has 0 aliphatic rings. The summed E-state index contributed by atoms with van der Waals surface area (Å²) in [6.45, 7) is 0. The van der Waals surface area contributed by atoms with Crippen molar-refractivity contribution in [3.8, 4) is 0 Å². The van der Waals surface area contributed by atoms with Gasteiger partial charge in [-0.05, 0) is 35.4 Å². The number of benzene rings is 3. The molecule has 0 aliphatic heterocycles. The maximum absolute atomic E-state index is 15.0. The lowest BCUT2D eigenvalue weighted by molar-refractivity contribution is -0.696. The monoisotopic (exact) mass is 415 g/mol. The Labute approximate surface area is 181 Å². The van der Waals surface area contributed by atoms with Gasteiger partial charge in [0, 0.05) is 5.02 Å². The molecule has 0 bridgehead atoms. The first-order valence-electron chi connectivity index (χ1n) is 9.67. The number of nitrogens with zero attached hydrogens (tertiary/aromatic N) is 3. The van der Waals surface area contributed by atoms with Gasteiger partial charge < -0.3 is 5.11 Å². The zero-order valence-electron chi connectivity index (χ0n) is 16.9. The summed E-state index contributed by atoms with van der Waals surface area (Å²) in [6.07, 6.45) is 3.76. The predicted octanol–water partition coefficient (Wildman–Crippen LogP) is 3.93. The van der Waals surface area contributed by atoms with Gasteiger partial charge in [0.05, 0.1) is 31.1 Å². The van der Waals surface area contributed by atoms with Crippen molar-refractivity contribution in [2.24, 2.45) is 19.1 Å². The molecule has 0 N–H and O–H groups in total. The Morgan fingerprint density at radius 2 is 1.63 bits per heavy atom. The summed E-state index contributed by atoms with van der Waals surface area (Å²) in [4.78, 5) is 4.88. The Hall–Kier alpha value is -3.21. The standard InChI is InChI=1S/C25H22ClN3O/c1-28-16-17-29(2)24(28)25(30,20-11-5-3-6-12-20)23(19-10-9-13-21(26)18-19)27-22-14-7-4-8-15-22/h3-18H,1-2H3. The Balaban J connectivity index is 2.08. The van der Waals surface area contributed by atoms with Crippen molar-refractivity contribution in [1.82, 2.24) is 4.57 Å². The highest BCUT2D eigenvalue weighted by molar-refractivity contribution is 6.31. The molecule has 0 spiro atoms. The second-order valence-electron chi connectivity index (χ2n) is 7.20. The molecule has 5 heteroatoms. The third-order valence-corrected chi connectivity index (χ3v) is 5.34. The van der Waals surface area contributed by atoms with Crippen molar-refractivity contribution in [3.63, 3.8) is 0 Å². The number of para-hydroxylation sites is 1. The first-order valence-corrected chi connectivity index (χ1v) is 10.1.